The minimum Gasteiger partial charge on any atom is -0.370 e. The van der Waals surface area contributed by atoms with E-state index < -0.39 is 0 Å². The van der Waals surface area contributed by atoms with Crippen LogP contribution in [-0.2, 0) is 6.54 Å². The fourth-order valence-electron chi connectivity index (χ4n) is 2.07. The van der Waals surface area contributed by atoms with Crippen LogP contribution in [0.25, 0.3) is 11.5 Å². The highest BCUT2D eigenvalue weighted by Gasteiger charge is 2.12. The Labute approximate surface area is 120 Å². The molecule has 20 heavy (non-hydrogen) atoms. The van der Waals surface area contributed by atoms with Gasteiger partial charge in [-0.05, 0) is 13.3 Å². The molecule has 0 fully saturated rings. The van der Waals surface area contributed by atoms with Gasteiger partial charge >= 0.3 is 0 Å². The van der Waals surface area contributed by atoms with Crippen LogP contribution in [0.4, 0.5) is 5.82 Å². The largest absolute Gasteiger partial charge is 0.370 e. The number of imidazole rings is 1. The van der Waals surface area contributed by atoms with Crippen LogP contribution in [0, 0.1) is 0 Å². The molecule has 0 unspecified atom stereocenters. The summed E-state index contributed by atoms with van der Waals surface area (Å²) in [7, 11) is 0. The molecule has 0 amide bonds. The van der Waals surface area contributed by atoms with Crippen LogP contribution in [-0.4, -0.2) is 26.1 Å². The van der Waals surface area contributed by atoms with E-state index in [0.29, 0.717) is 5.92 Å². The molecule has 2 heterocycles. The molecular formula is C15H23N5. The molecule has 0 bridgehead atoms. The van der Waals surface area contributed by atoms with Crippen LogP contribution < -0.4 is 5.32 Å². The summed E-state index contributed by atoms with van der Waals surface area (Å²) >= 11 is 0. The summed E-state index contributed by atoms with van der Waals surface area (Å²) in [4.78, 5) is 13.7. The van der Waals surface area contributed by atoms with Gasteiger partial charge in [0.15, 0.2) is 5.82 Å². The molecule has 1 N–H and O–H groups in total. The summed E-state index contributed by atoms with van der Waals surface area (Å²) in [6, 6.07) is 1.98. The first-order valence-electron chi connectivity index (χ1n) is 7.30. The van der Waals surface area contributed by atoms with Crippen molar-refractivity contribution < 1.29 is 0 Å². The third-order valence-corrected chi connectivity index (χ3v) is 3.03. The number of aromatic nitrogens is 4. The maximum Gasteiger partial charge on any atom is 0.158 e. The maximum atomic E-state index is 4.67. The molecule has 0 saturated heterocycles. The molecule has 0 saturated carbocycles. The quantitative estimate of drug-likeness (QED) is 0.877. The maximum absolute atomic E-state index is 4.67. The van der Waals surface area contributed by atoms with Crippen molar-refractivity contribution in [1.82, 2.24) is 19.5 Å². The van der Waals surface area contributed by atoms with E-state index in [0.717, 1.165) is 42.7 Å². The number of rotatable bonds is 6. The van der Waals surface area contributed by atoms with Crippen molar-refractivity contribution in [2.24, 2.45) is 0 Å². The van der Waals surface area contributed by atoms with E-state index in [9.17, 15) is 0 Å². The minimum atomic E-state index is 0.293. The molecule has 2 aromatic heterocycles. The zero-order chi connectivity index (χ0) is 14.5. The van der Waals surface area contributed by atoms with Crippen molar-refractivity contribution >= 4 is 5.82 Å². The van der Waals surface area contributed by atoms with Crippen molar-refractivity contribution in [3.05, 3.63) is 24.3 Å². The number of anilines is 1. The summed E-state index contributed by atoms with van der Waals surface area (Å²) in [5, 5.41) is 3.27. The summed E-state index contributed by atoms with van der Waals surface area (Å²) in [6.45, 7) is 10.2. The van der Waals surface area contributed by atoms with Crippen molar-refractivity contribution in [2.45, 2.75) is 46.6 Å². The molecule has 0 aliphatic carbocycles. The van der Waals surface area contributed by atoms with Gasteiger partial charge in [-0.25, -0.2) is 15.0 Å². The minimum absolute atomic E-state index is 0.293. The van der Waals surface area contributed by atoms with Crippen LogP contribution in [0.5, 0.6) is 0 Å². The fourth-order valence-corrected chi connectivity index (χ4v) is 2.07. The van der Waals surface area contributed by atoms with Gasteiger partial charge in [-0.15, -0.1) is 0 Å². The molecule has 0 atom stereocenters. The molecule has 0 aliphatic heterocycles. The summed E-state index contributed by atoms with van der Waals surface area (Å²) in [5.41, 5.74) is 0.887. The second-order valence-corrected chi connectivity index (χ2v) is 5.13. The Balaban J connectivity index is 2.46. The third-order valence-electron chi connectivity index (χ3n) is 3.03. The molecule has 0 spiro atoms. The van der Waals surface area contributed by atoms with E-state index in [-0.39, 0.29) is 0 Å². The molecule has 0 aliphatic rings. The smallest absolute Gasteiger partial charge is 0.158 e. The molecule has 2 aromatic rings. The highest BCUT2D eigenvalue weighted by atomic mass is 15.1. The van der Waals surface area contributed by atoms with E-state index in [1.165, 1.54) is 0 Å². The lowest BCUT2D eigenvalue weighted by Gasteiger charge is -2.11. The zero-order valence-electron chi connectivity index (χ0n) is 12.7. The number of nitrogens with one attached hydrogen (secondary N) is 1. The Kier molecular flexibility index (Phi) is 4.71. The zero-order valence-corrected chi connectivity index (χ0v) is 12.7. The van der Waals surface area contributed by atoms with Crippen LogP contribution in [0.2, 0.25) is 0 Å². The molecule has 5 heteroatoms. The van der Waals surface area contributed by atoms with Crippen molar-refractivity contribution in [2.75, 3.05) is 11.9 Å². The van der Waals surface area contributed by atoms with Gasteiger partial charge in [-0.1, -0.05) is 20.8 Å². The van der Waals surface area contributed by atoms with Gasteiger partial charge in [0.1, 0.15) is 17.3 Å². The Hall–Kier alpha value is -1.91. The van der Waals surface area contributed by atoms with E-state index in [1.807, 2.05) is 18.5 Å². The monoisotopic (exact) mass is 273 g/mol. The topological polar surface area (TPSA) is 55.6 Å². The predicted octanol–water partition coefficient (Wildman–Crippen LogP) is 3.31. The van der Waals surface area contributed by atoms with E-state index >= 15 is 0 Å². The van der Waals surface area contributed by atoms with Crippen LogP contribution >= 0.6 is 0 Å². The molecule has 108 valence electrons. The Morgan fingerprint density at radius 1 is 1.25 bits per heavy atom. The number of nitrogens with zero attached hydrogens (tertiary/aromatic N) is 4. The normalized spacial score (nSPS) is 11.1. The average molecular weight is 273 g/mol. The lowest BCUT2D eigenvalue weighted by Crippen LogP contribution is -2.08. The number of hydrogen-bond donors (Lipinski definition) is 1. The van der Waals surface area contributed by atoms with E-state index in [2.05, 4.69) is 52.5 Å². The molecule has 5 nitrogen and oxygen atoms in total. The van der Waals surface area contributed by atoms with Gasteiger partial charge < -0.3 is 9.88 Å². The van der Waals surface area contributed by atoms with Gasteiger partial charge in [-0.2, -0.15) is 0 Å². The predicted molar refractivity (Wildman–Crippen MR) is 81.8 cm³/mol. The first-order chi connectivity index (χ1) is 9.65. The molecular weight excluding hydrogens is 250 g/mol. The summed E-state index contributed by atoms with van der Waals surface area (Å²) < 4.78 is 2.14. The van der Waals surface area contributed by atoms with Gasteiger partial charge in [0.2, 0.25) is 0 Å². The second-order valence-electron chi connectivity index (χ2n) is 5.13. The number of hydrogen-bond acceptors (Lipinski definition) is 4. The summed E-state index contributed by atoms with van der Waals surface area (Å²) in [5.74, 6) is 2.92. The van der Waals surface area contributed by atoms with Crippen molar-refractivity contribution in [3.8, 4) is 11.5 Å². The Morgan fingerprint density at radius 3 is 2.70 bits per heavy atom. The highest BCUT2D eigenvalue weighted by Crippen LogP contribution is 2.21. The second kappa shape index (κ2) is 6.50. The van der Waals surface area contributed by atoms with Gasteiger partial charge in [0.05, 0.1) is 0 Å². The SMILES string of the molecule is CCCn1ccnc1-c1cc(NCC)nc(C(C)C)n1. The summed E-state index contributed by atoms with van der Waals surface area (Å²) in [6.07, 6.45) is 4.91. The van der Waals surface area contributed by atoms with Crippen LogP contribution in [0.3, 0.4) is 0 Å². The highest BCUT2D eigenvalue weighted by molar-refractivity contribution is 5.56. The average Bonchev–Trinajstić information content (AvgIpc) is 2.87. The lowest BCUT2D eigenvalue weighted by atomic mass is 10.2. The first-order valence-corrected chi connectivity index (χ1v) is 7.30. The molecule has 0 radical (unpaired) electrons. The Bertz CT molecular complexity index is 559. The molecule has 2 rings (SSSR count). The van der Waals surface area contributed by atoms with Crippen LogP contribution in [0.1, 0.15) is 45.9 Å². The van der Waals surface area contributed by atoms with Gasteiger partial charge in [0, 0.05) is 37.5 Å². The van der Waals surface area contributed by atoms with Crippen LogP contribution in [0.15, 0.2) is 18.5 Å². The fraction of sp³-hybridized carbons (Fsp3) is 0.533. The van der Waals surface area contributed by atoms with E-state index in [4.69, 9.17) is 0 Å². The van der Waals surface area contributed by atoms with Gasteiger partial charge in [0.25, 0.3) is 0 Å². The Morgan fingerprint density at radius 2 is 2.05 bits per heavy atom. The number of aryl methyl sites for hydroxylation is 1. The molecule has 0 aromatic carbocycles. The standard InChI is InChI=1S/C15H23N5/c1-5-8-20-9-7-17-15(20)12-10-13(16-6-2)19-14(18-12)11(3)4/h7,9-11H,5-6,8H2,1-4H3,(H,16,18,19). The third kappa shape index (κ3) is 3.15. The van der Waals surface area contributed by atoms with E-state index in [1.54, 1.807) is 0 Å². The van der Waals surface area contributed by atoms with Crippen molar-refractivity contribution in [1.29, 1.82) is 0 Å². The first kappa shape index (κ1) is 14.5. The lowest BCUT2D eigenvalue weighted by molar-refractivity contribution is 0.682. The van der Waals surface area contributed by atoms with Gasteiger partial charge in [-0.3, -0.25) is 0 Å². The van der Waals surface area contributed by atoms with Crippen molar-refractivity contribution in [3.63, 3.8) is 0 Å².